The Morgan fingerprint density at radius 2 is 2.36 bits per heavy atom. The largest absolute Gasteiger partial charge is 0.389 e. The highest BCUT2D eigenvalue weighted by Crippen LogP contribution is 2.32. The van der Waals surface area contributed by atoms with Gasteiger partial charge in [-0.15, -0.1) is 0 Å². The van der Waals surface area contributed by atoms with Crippen LogP contribution in [0, 0.1) is 5.92 Å². The third-order valence-corrected chi connectivity index (χ3v) is 3.59. The lowest BCUT2D eigenvalue weighted by Crippen LogP contribution is -2.59. The van der Waals surface area contributed by atoms with Gasteiger partial charge in [0.25, 0.3) is 0 Å². The summed E-state index contributed by atoms with van der Waals surface area (Å²) in [7, 11) is 0. The lowest BCUT2D eigenvalue weighted by atomic mass is 9.76. The van der Waals surface area contributed by atoms with Gasteiger partial charge in [-0.2, -0.15) is 0 Å². The molecule has 80 valence electrons. The van der Waals surface area contributed by atoms with E-state index in [2.05, 4.69) is 5.32 Å². The minimum absolute atomic E-state index is 0.123. The Morgan fingerprint density at radius 3 is 3.07 bits per heavy atom. The predicted octanol–water partition coefficient (Wildman–Crippen LogP) is -0.421. The molecule has 2 aliphatic heterocycles. The molecule has 0 aromatic carbocycles. The molecule has 2 rings (SSSR count). The van der Waals surface area contributed by atoms with E-state index < -0.39 is 5.60 Å². The smallest absolute Gasteiger partial charge is 0.219 e. The number of hydrogen-bond acceptors (Lipinski definition) is 3. The number of likely N-dealkylation sites (tertiary alicyclic amines) is 1. The third-order valence-electron chi connectivity index (χ3n) is 3.59. The summed E-state index contributed by atoms with van der Waals surface area (Å²) in [6.45, 7) is 4.75. The van der Waals surface area contributed by atoms with Gasteiger partial charge < -0.3 is 15.3 Å². The fourth-order valence-electron chi connectivity index (χ4n) is 2.51. The Kier molecular flexibility index (Phi) is 2.49. The van der Waals surface area contributed by atoms with Crippen LogP contribution in [0.5, 0.6) is 0 Å². The zero-order valence-corrected chi connectivity index (χ0v) is 8.62. The fraction of sp³-hybridized carbons (Fsp3) is 0.900. The van der Waals surface area contributed by atoms with Crippen molar-refractivity contribution in [2.45, 2.75) is 25.4 Å². The zero-order valence-electron chi connectivity index (χ0n) is 8.62. The molecular formula is C10H18N2O2. The number of piperidine rings is 2. The topological polar surface area (TPSA) is 52.6 Å². The van der Waals surface area contributed by atoms with Gasteiger partial charge in [0.15, 0.2) is 0 Å². The van der Waals surface area contributed by atoms with Crippen molar-refractivity contribution in [2.24, 2.45) is 5.92 Å². The van der Waals surface area contributed by atoms with Crippen LogP contribution in [0.3, 0.4) is 0 Å². The molecule has 1 amide bonds. The molecule has 0 aromatic rings. The second-order valence-corrected chi connectivity index (χ2v) is 4.47. The van der Waals surface area contributed by atoms with Gasteiger partial charge in [-0.3, -0.25) is 4.79 Å². The summed E-state index contributed by atoms with van der Waals surface area (Å²) in [6.07, 6.45) is 1.56. The number of amides is 1. The summed E-state index contributed by atoms with van der Waals surface area (Å²) in [5.41, 5.74) is -0.517. The van der Waals surface area contributed by atoms with E-state index in [1.165, 1.54) is 0 Å². The molecule has 0 unspecified atom stereocenters. The lowest BCUT2D eigenvalue weighted by molar-refractivity contribution is -0.139. The van der Waals surface area contributed by atoms with Crippen molar-refractivity contribution in [3.8, 4) is 0 Å². The van der Waals surface area contributed by atoms with Crippen LogP contribution in [0.2, 0.25) is 0 Å². The van der Waals surface area contributed by atoms with E-state index in [1.807, 2.05) is 4.90 Å². The Balaban J connectivity index is 2.05. The van der Waals surface area contributed by atoms with E-state index in [0.29, 0.717) is 13.1 Å². The summed E-state index contributed by atoms with van der Waals surface area (Å²) >= 11 is 0. The van der Waals surface area contributed by atoms with Crippen molar-refractivity contribution in [3.63, 3.8) is 0 Å². The first-order chi connectivity index (χ1) is 6.62. The Labute approximate surface area is 84.3 Å². The molecule has 0 aromatic heterocycles. The Bertz CT molecular complexity index is 244. The van der Waals surface area contributed by atoms with E-state index in [-0.39, 0.29) is 11.8 Å². The number of nitrogens with one attached hydrogen (secondary N) is 1. The molecule has 0 bridgehead atoms. The van der Waals surface area contributed by atoms with Gasteiger partial charge in [0.05, 0.1) is 5.60 Å². The highest BCUT2D eigenvalue weighted by Gasteiger charge is 2.43. The van der Waals surface area contributed by atoms with Crippen LogP contribution in [-0.2, 0) is 4.79 Å². The van der Waals surface area contributed by atoms with Crippen molar-refractivity contribution in [1.82, 2.24) is 10.2 Å². The molecule has 0 aliphatic carbocycles. The first-order valence-electron chi connectivity index (χ1n) is 5.30. The Morgan fingerprint density at radius 1 is 1.57 bits per heavy atom. The second-order valence-electron chi connectivity index (χ2n) is 4.47. The number of rotatable bonds is 0. The van der Waals surface area contributed by atoms with Crippen LogP contribution in [-0.4, -0.2) is 47.7 Å². The van der Waals surface area contributed by atoms with E-state index in [1.54, 1.807) is 6.92 Å². The highest BCUT2D eigenvalue weighted by molar-refractivity contribution is 5.73. The van der Waals surface area contributed by atoms with E-state index in [4.69, 9.17) is 0 Å². The van der Waals surface area contributed by atoms with Gasteiger partial charge in [0, 0.05) is 32.5 Å². The van der Waals surface area contributed by atoms with Crippen LogP contribution in [0.4, 0.5) is 0 Å². The van der Waals surface area contributed by atoms with Gasteiger partial charge in [-0.05, 0) is 19.4 Å². The third kappa shape index (κ3) is 1.64. The van der Waals surface area contributed by atoms with Crippen LogP contribution in [0.1, 0.15) is 19.8 Å². The average Bonchev–Trinajstić information content (AvgIpc) is 2.16. The molecule has 2 aliphatic rings. The molecular weight excluding hydrogens is 180 g/mol. The van der Waals surface area contributed by atoms with Crippen molar-refractivity contribution < 1.29 is 9.90 Å². The molecule has 0 spiro atoms. The lowest BCUT2D eigenvalue weighted by Gasteiger charge is -2.47. The van der Waals surface area contributed by atoms with Crippen LogP contribution in [0.15, 0.2) is 0 Å². The Hall–Kier alpha value is -0.610. The monoisotopic (exact) mass is 198 g/mol. The minimum Gasteiger partial charge on any atom is -0.389 e. The van der Waals surface area contributed by atoms with Gasteiger partial charge in [-0.25, -0.2) is 0 Å². The van der Waals surface area contributed by atoms with Crippen molar-refractivity contribution in [3.05, 3.63) is 0 Å². The molecule has 4 heteroatoms. The normalized spacial score (nSPS) is 37.9. The van der Waals surface area contributed by atoms with Crippen molar-refractivity contribution in [2.75, 3.05) is 26.2 Å². The molecule has 2 N–H and O–H groups in total. The average molecular weight is 198 g/mol. The molecule has 0 radical (unpaired) electrons. The van der Waals surface area contributed by atoms with Gasteiger partial charge in [0.2, 0.25) is 5.91 Å². The number of carbonyl (C=O) groups excluding carboxylic acids is 1. The predicted molar refractivity (Wildman–Crippen MR) is 52.8 cm³/mol. The van der Waals surface area contributed by atoms with Crippen LogP contribution in [0.25, 0.3) is 0 Å². The summed E-state index contributed by atoms with van der Waals surface area (Å²) < 4.78 is 0. The SMILES string of the molecule is CC(=O)N1CC[C@@]2(O)CCNC[C@@H]2C1. The number of carbonyl (C=O) groups is 1. The quantitative estimate of drug-likeness (QED) is 0.556. The minimum atomic E-state index is -0.517. The van der Waals surface area contributed by atoms with Crippen LogP contribution >= 0.6 is 0 Å². The molecule has 2 atom stereocenters. The van der Waals surface area contributed by atoms with Gasteiger partial charge >= 0.3 is 0 Å². The van der Waals surface area contributed by atoms with Crippen LogP contribution < -0.4 is 5.32 Å². The summed E-state index contributed by atoms with van der Waals surface area (Å²) in [5.74, 6) is 0.339. The van der Waals surface area contributed by atoms with Crippen molar-refractivity contribution >= 4 is 5.91 Å². The maximum Gasteiger partial charge on any atom is 0.219 e. The number of hydrogen-bond donors (Lipinski definition) is 2. The number of fused-ring (bicyclic) bond motifs is 1. The summed E-state index contributed by atoms with van der Waals surface area (Å²) in [6, 6.07) is 0. The van der Waals surface area contributed by atoms with E-state index in [9.17, 15) is 9.90 Å². The van der Waals surface area contributed by atoms with Gasteiger partial charge in [-0.1, -0.05) is 0 Å². The second kappa shape index (κ2) is 3.51. The zero-order chi connectivity index (χ0) is 10.2. The first kappa shape index (κ1) is 9.93. The summed E-state index contributed by atoms with van der Waals surface area (Å²) in [4.78, 5) is 13.0. The number of aliphatic hydroxyl groups is 1. The molecule has 2 heterocycles. The highest BCUT2D eigenvalue weighted by atomic mass is 16.3. The number of nitrogens with zero attached hydrogens (tertiary/aromatic N) is 1. The summed E-state index contributed by atoms with van der Waals surface area (Å²) in [5, 5.41) is 13.6. The molecule has 2 saturated heterocycles. The van der Waals surface area contributed by atoms with Gasteiger partial charge in [0.1, 0.15) is 0 Å². The first-order valence-corrected chi connectivity index (χ1v) is 5.30. The van der Waals surface area contributed by atoms with E-state index in [0.717, 1.165) is 25.9 Å². The van der Waals surface area contributed by atoms with Crippen molar-refractivity contribution in [1.29, 1.82) is 0 Å². The fourth-order valence-corrected chi connectivity index (χ4v) is 2.51. The maximum absolute atomic E-state index is 11.2. The maximum atomic E-state index is 11.2. The molecule has 0 saturated carbocycles. The molecule has 2 fully saturated rings. The molecule has 4 nitrogen and oxygen atoms in total. The van der Waals surface area contributed by atoms with E-state index >= 15 is 0 Å². The molecule has 14 heavy (non-hydrogen) atoms. The standard InChI is InChI=1S/C10H18N2O2/c1-8(13)12-5-3-10(14)2-4-11-6-9(10)7-12/h9,11,14H,2-7H2,1H3/t9-,10+/m1/s1.